The summed E-state index contributed by atoms with van der Waals surface area (Å²) in [6.45, 7) is 9.37. The number of carbonyl (C=O) groups excluding carboxylic acids is 16. The third-order valence-corrected chi connectivity index (χ3v) is 21.8. The molecule has 1 heterocycles. The van der Waals surface area contributed by atoms with E-state index < -0.39 is 297 Å². The van der Waals surface area contributed by atoms with Crippen molar-refractivity contribution in [2.75, 3.05) is 50.9 Å². The number of carbonyl (C=O) groups is 19. The number of amides is 16. The lowest BCUT2D eigenvalue weighted by Crippen LogP contribution is -2.62. The Morgan fingerprint density at radius 1 is 0.531 bits per heavy atom. The summed E-state index contributed by atoms with van der Waals surface area (Å²) in [6.07, 6.45) is -3.08. The number of aliphatic hydroxyl groups excluding tert-OH is 2. The van der Waals surface area contributed by atoms with E-state index in [2.05, 4.69) is 90.4 Å². The fourth-order valence-electron chi connectivity index (χ4n) is 12.2. The first kappa shape index (κ1) is 113. The van der Waals surface area contributed by atoms with E-state index in [0.29, 0.717) is 32.7 Å². The summed E-state index contributed by atoms with van der Waals surface area (Å²) in [7, 11) is 1.34. The molecular formula is C80H127N23O25S2. The molecule has 33 N–H and O–H groups in total. The van der Waals surface area contributed by atoms with Crippen LogP contribution in [0.2, 0.25) is 0 Å². The highest BCUT2D eigenvalue weighted by Gasteiger charge is 2.40. The molecule has 0 spiro atoms. The Bertz CT molecular complexity index is 4190. The molecular weight excluding hydrogens is 1750 g/mol. The minimum absolute atomic E-state index is 0.0164. The molecule has 48 nitrogen and oxygen atoms in total. The van der Waals surface area contributed by atoms with E-state index in [4.69, 9.17) is 43.7 Å². The molecule has 0 aromatic heterocycles. The minimum atomic E-state index is -1.96. The van der Waals surface area contributed by atoms with Gasteiger partial charge in [0.05, 0.1) is 32.3 Å². The predicted molar refractivity (Wildman–Crippen MR) is 473 cm³/mol. The van der Waals surface area contributed by atoms with E-state index in [0.717, 1.165) is 6.92 Å². The third kappa shape index (κ3) is 44.3. The number of carboxylic acid groups (broad SMARTS) is 3. The zero-order valence-corrected chi connectivity index (χ0v) is 75.4. The van der Waals surface area contributed by atoms with Crippen molar-refractivity contribution in [3.63, 3.8) is 0 Å². The first-order chi connectivity index (χ1) is 61.1. The molecule has 2 aromatic carbocycles. The van der Waals surface area contributed by atoms with Crippen LogP contribution in [0.3, 0.4) is 0 Å². The summed E-state index contributed by atoms with van der Waals surface area (Å²) >= 11 is 0. The third-order valence-electron chi connectivity index (χ3n) is 19.4. The van der Waals surface area contributed by atoms with Crippen LogP contribution in [0.25, 0.3) is 0 Å². The van der Waals surface area contributed by atoms with Gasteiger partial charge in [-0.15, -0.1) is 0 Å². The summed E-state index contributed by atoms with van der Waals surface area (Å²) in [5.74, 6) is -26.0. The second kappa shape index (κ2) is 59.4. The highest BCUT2D eigenvalue weighted by molar-refractivity contribution is 8.76. The topological polar surface area (TPSA) is 802 Å². The Kier molecular flexibility index (Phi) is 51.8. The maximum absolute atomic E-state index is 15.1. The molecule has 0 radical (unpaired) electrons. The number of primary amides is 1. The van der Waals surface area contributed by atoms with Crippen molar-refractivity contribution in [1.82, 2.24) is 90.4 Å². The van der Waals surface area contributed by atoms with Gasteiger partial charge in [-0.1, -0.05) is 126 Å². The largest absolute Gasteiger partial charge is 0.508 e. The molecule has 1 saturated heterocycles. The van der Waals surface area contributed by atoms with Crippen molar-refractivity contribution in [3.8, 4) is 5.75 Å². The second-order valence-corrected chi connectivity index (χ2v) is 34.0. The summed E-state index contributed by atoms with van der Waals surface area (Å²) in [4.78, 5) is 260. The number of phenols is 1. The van der Waals surface area contributed by atoms with Crippen LogP contribution in [-0.4, -0.2) is 290 Å². The number of carboxylic acids is 3. The normalized spacial score (nSPS) is 19.3. The second-order valence-electron chi connectivity index (χ2n) is 31.5. The van der Waals surface area contributed by atoms with Crippen molar-refractivity contribution >= 4 is 146 Å². The molecule has 1 aliphatic rings. The first-order valence-corrected chi connectivity index (χ1v) is 44.2. The van der Waals surface area contributed by atoms with E-state index in [1.54, 1.807) is 70.2 Å². The highest BCUT2D eigenvalue weighted by atomic mass is 33.1. The molecule has 1 aliphatic heterocycles. The lowest BCUT2D eigenvalue weighted by molar-refractivity contribution is -0.142. The molecule has 0 bridgehead atoms. The molecule has 1 fully saturated rings. The van der Waals surface area contributed by atoms with Gasteiger partial charge in [0.2, 0.25) is 94.5 Å². The Morgan fingerprint density at radius 3 is 1.61 bits per heavy atom. The summed E-state index contributed by atoms with van der Waals surface area (Å²) in [5.41, 5.74) is 24.1. The number of hydrogen-bond acceptors (Lipinski definition) is 27. The predicted octanol–water partition coefficient (Wildman–Crippen LogP) is -7.34. The van der Waals surface area contributed by atoms with E-state index in [9.17, 15) is 102 Å². The van der Waals surface area contributed by atoms with Gasteiger partial charge in [0.15, 0.2) is 11.9 Å². The lowest BCUT2D eigenvalue weighted by Gasteiger charge is -2.31. The number of aliphatic hydroxyl groups is 2. The molecule has 15 atom stereocenters. The van der Waals surface area contributed by atoms with Crippen molar-refractivity contribution < 1.29 is 122 Å². The van der Waals surface area contributed by atoms with Crippen molar-refractivity contribution in [2.24, 2.45) is 46.6 Å². The Hall–Kier alpha value is -12.7. The van der Waals surface area contributed by atoms with Crippen LogP contribution in [0.1, 0.15) is 138 Å². The lowest BCUT2D eigenvalue weighted by atomic mass is 9.95. The van der Waals surface area contributed by atoms with Gasteiger partial charge < -0.3 is 144 Å². The fourth-order valence-corrected chi connectivity index (χ4v) is 14.5. The van der Waals surface area contributed by atoms with Gasteiger partial charge >= 0.3 is 11.9 Å². The highest BCUT2D eigenvalue weighted by Crippen LogP contribution is 2.25. The van der Waals surface area contributed by atoms with Crippen molar-refractivity contribution in [3.05, 3.63) is 65.7 Å². The van der Waals surface area contributed by atoms with Crippen molar-refractivity contribution in [1.29, 1.82) is 10.8 Å². The number of nitrogens with two attached hydrogens (primary N) is 4. The maximum Gasteiger partial charge on any atom is 0.326 e. The number of benzene rings is 2. The average Bonchev–Trinajstić information content (AvgIpc) is 0.888. The van der Waals surface area contributed by atoms with Gasteiger partial charge in [-0.3, -0.25) is 97.1 Å². The average molecular weight is 1880 g/mol. The standard InChI is InChI=1S/C78H123N23O23S2.C2H4O2/c1-9-41(8)62(101-68(115)47(18-14-28-86-78(83)84)91-69(116)50(29-38(2)3)95-63(110)45(79)30-43-19-21-44(104)22-20-43)75(122)100-61(40(6)7)74(121)94-49(23-25-56(80)105)67(114)98-55-37-126-125-36-54(65(112)88-32-57(106)89-51(76(123)124)31-42-15-11-10-12-16-42)97-70(117)52(34-102)90-58(107)33-87-64(111)48(24-26-59(108)109)93-73(120)60(39(4)5)99-71(118)53(35-103)96-66(113)46(92-72(55)119)17-13-27-85-77(81)82;1-2(3)4/h10-12,15-16,19-22,38-41,45-55,60-62,102-104H,9,13-14,17-18,23-37,79H2,1-8H3,(H2,80,105)(H,87,111)(H,88,112)(H,89,106)(H,90,107)(H,91,116)(H,92,119)(H,93,120)(H,94,121)(H,95,110)(H,96,113)(H,97,117)(H,98,114)(H,99,118)(H,100,122)(H,101,115)(H,108,109)(H,123,124)(H4,81,82,85)(H4,83,84,86);1H3,(H,3,4)/t41-,45-,46-,47-,48-,49-,50-,51-,52-,53-,54-,55-,60?,61-,62-;/m0./s1. The summed E-state index contributed by atoms with van der Waals surface area (Å²) < 4.78 is 0. The van der Waals surface area contributed by atoms with Crippen LogP contribution in [0.15, 0.2) is 54.6 Å². The molecule has 50 heteroatoms. The SMILES string of the molecule is CC(=O)O.CC[C@H](C)[C@H](NC(=O)[C@H](CCCNC(=N)N)NC(=O)[C@H](CC(C)C)NC(=O)[C@@H](N)Cc1ccc(O)cc1)C(=O)N[C@H](C(=O)N[C@@H](CCC(N)=O)C(=O)N[C@H]1CSSC[C@@H](C(=O)NCC(=O)N[C@@H](Cc2ccccc2)C(=O)O)NC(=O)[C@H](CO)NC(=O)CNC(=O)[C@H](CCC(=O)O)NC(=O)C(C(C)C)NC(=O)[C@H](CO)NC(=O)[C@H](CCCNC(=N)N)NC1=O)C(C)C. The van der Waals surface area contributed by atoms with Crippen molar-refractivity contribution in [2.45, 2.75) is 224 Å². The van der Waals surface area contributed by atoms with Gasteiger partial charge in [0, 0.05) is 50.8 Å². The van der Waals surface area contributed by atoms with E-state index in [1.807, 2.05) is 0 Å². The number of aromatic hydroxyl groups is 1. The van der Waals surface area contributed by atoms with Gasteiger partial charge in [-0.05, 0) is 98.3 Å². The van der Waals surface area contributed by atoms with Crippen LogP contribution >= 0.6 is 21.6 Å². The van der Waals surface area contributed by atoms with Crippen LogP contribution in [-0.2, 0) is 104 Å². The Morgan fingerprint density at radius 2 is 1.05 bits per heavy atom. The van der Waals surface area contributed by atoms with Crippen LogP contribution in [0.4, 0.5) is 0 Å². The smallest absolute Gasteiger partial charge is 0.326 e. The number of aliphatic carboxylic acids is 3. The molecule has 16 amide bonds. The Balaban J connectivity index is 0.0000140. The molecule has 130 heavy (non-hydrogen) atoms. The van der Waals surface area contributed by atoms with Crippen LogP contribution < -0.4 is 113 Å². The van der Waals surface area contributed by atoms with Gasteiger partial charge in [0.25, 0.3) is 5.97 Å². The number of rotatable bonds is 43. The quantitative estimate of drug-likeness (QED) is 0.0127. The van der Waals surface area contributed by atoms with Gasteiger partial charge in [0.1, 0.15) is 84.3 Å². The first-order valence-electron chi connectivity index (χ1n) is 41.7. The van der Waals surface area contributed by atoms with E-state index >= 15 is 9.59 Å². The molecule has 3 rings (SSSR count). The molecule has 2 aromatic rings. The fraction of sp³-hybridized carbons (Fsp3) is 0.588. The van der Waals surface area contributed by atoms with E-state index in [1.165, 1.54) is 39.8 Å². The van der Waals surface area contributed by atoms with Gasteiger partial charge in [-0.2, -0.15) is 0 Å². The Labute approximate surface area is 758 Å². The number of nitrogens with one attached hydrogen (secondary N) is 19. The zero-order valence-electron chi connectivity index (χ0n) is 73.8. The number of hydrogen-bond donors (Lipinski definition) is 29. The van der Waals surface area contributed by atoms with Crippen LogP contribution in [0.5, 0.6) is 5.75 Å². The minimum Gasteiger partial charge on any atom is -0.508 e. The number of phenolic OH excluding ortho intramolecular Hbond substituents is 1. The zero-order chi connectivity index (χ0) is 98.2. The monoisotopic (exact) mass is 1870 g/mol. The molecule has 1 unspecified atom stereocenters. The summed E-state index contributed by atoms with van der Waals surface area (Å²) in [5, 5.41) is 115. The molecule has 0 aliphatic carbocycles. The molecule has 0 saturated carbocycles. The maximum atomic E-state index is 15.1. The van der Waals surface area contributed by atoms with Crippen LogP contribution in [0, 0.1) is 34.5 Å². The number of guanidine groups is 2. The van der Waals surface area contributed by atoms with Gasteiger partial charge in [-0.25, -0.2) is 4.79 Å². The van der Waals surface area contributed by atoms with E-state index in [-0.39, 0.29) is 69.7 Å². The molecule has 724 valence electrons. The summed E-state index contributed by atoms with van der Waals surface area (Å²) in [6, 6.07) is -9.07.